The molecule has 0 saturated carbocycles. The highest BCUT2D eigenvalue weighted by atomic mass is 79.9. The molecular formula is C13H13BrFNO2. The number of benzene rings is 1. The second-order valence-electron chi connectivity index (χ2n) is 3.86. The van der Waals surface area contributed by atoms with Gasteiger partial charge < -0.3 is 14.9 Å². The third-order valence-corrected chi connectivity index (χ3v) is 3.43. The van der Waals surface area contributed by atoms with E-state index in [-0.39, 0.29) is 5.82 Å². The molecule has 0 aliphatic carbocycles. The van der Waals surface area contributed by atoms with E-state index in [1.54, 1.807) is 31.4 Å². The minimum absolute atomic E-state index is 0.341. The zero-order valence-corrected chi connectivity index (χ0v) is 11.4. The molecular weight excluding hydrogens is 301 g/mol. The Balaban J connectivity index is 2.29. The predicted octanol–water partition coefficient (Wildman–Crippen LogP) is 3.38. The van der Waals surface area contributed by atoms with E-state index in [0.29, 0.717) is 28.2 Å². The molecule has 0 bridgehead atoms. The quantitative estimate of drug-likeness (QED) is 0.941. The second-order valence-corrected chi connectivity index (χ2v) is 4.65. The van der Waals surface area contributed by atoms with Gasteiger partial charge in [-0.25, -0.2) is 4.39 Å². The van der Waals surface area contributed by atoms with Crippen molar-refractivity contribution in [3.05, 3.63) is 57.7 Å². The highest BCUT2D eigenvalue weighted by Crippen LogP contribution is 2.29. The molecule has 0 radical (unpaired) electrons. The monoisotopic (exact) mass is 313 g/mol. The molecule has 1 aromatic heterocycles. The smallest absolute Gasteiger partial charge is 0.137 e. The molecule has 0 aliphatic rings. The maximum atomic E-state index is 13.4. The van der Waals surface area contributed by atoms with E-state index in [1.165, 1.54) is 6.07 Å². The first-order chi connectivity index (χ1) is 8.63. The Kier molecular flexibility index (Phi) is 4.16. The third-order valence-electron chi connectivity index (χ3n) is 2.59. The number of furan rings is 1. The maximum absolute atomic E-state index is 13.4. The Labute approximate surface area is 113 Å². The number of hydrogen-bond acceptors (Lipinski definition) is 3. The van der Waals surface area contributed by atoms with Gasteiger partial charge in [0.2, 0.25) is 0 Å². The van der Waals surface area contributed by atoms with Gasteiger partial charge in [0, 0.05) is 7.11 Å². The molecule has 18 heavy (non-hydrogen) atoms. The van der Waals surface area contributed by atoms with Crippen LogP contribution in [-0.2, 0) is 11.3 Å². The van der Waals surface area contributed by atoms with Crippen molar-refractivity contribution in [2.75, 3.05) is 7.11 Å². The summed E-state index contributed by atoms with van der Waals surface area (Å²) in [5, 5.41) is 0. The summed E-state index contributed by atoms with van der Waals surface area (Å²) in [6, 6.07) is 7.81. The summed E-state index contributed by atoms with van der Waals surface area (Å²) in [6.07, 6.45) is 0. The van der Waals surface area contributed by atoms with Crippen molar-refractivity contribution in [1.82, 2.24) is 0 Å². The van der Waals surface area contributed by atoms with Crippen molar-refractivity contribution in [2.45, 2.75) is 12.6 Å². The summed E-state index contributed by atoms with van der Waals surface area (Å²) in [5.41, 5.74) is 6.71. The lowest BCUT2D eigenvalue weighted by Crippen LogP contribution is -2.12. The van der Waals surface area contributed by atoms with Gasteiger partial charge in [0.25, 0.3) is 0 Å². The molecule has 1 heterocycles. The molecule has 1 unspecified atom stereocenters. The Morgan fingerprint density at radius 1 is 1.39 bits per heavy atom. The minimum Gasteiger partial charge on any atom is -0.462 e. The number of methoxy groups -OCH3 is 1. The Bertz CT molecular complexity index is 542. The summed E-state index contributed by atoms with van der Waals surface area (Å²) >= 11 is 3.19. The SMILES string of the molecule is COCc1ccc(C(N)c2cccc(F)c2Br)o1. The van der Waals surface area contributed by atoms with Crippen LogP contribution < -0.4 is 5.73 Å². The second kappa shape index (κ2) is 5.65. The molecule has 0 spiro atoms. The summed E-state index contributed by atoms with van der Waals surface area (Å²) in [5.74, 6) is 0.926. The maximum Gasteiger partial charge on any atom is 0.137 e. The van der Waals surface area contributed by atoms with Crippen molar-refractivity contribution in [3.8, 4) is 0 Å². The first-order valence-electron chi connectivity index (χ1n) is 5.40. The van der Waals surface area contributed by atoms with E-state index in [0.717, 1.165) is 0 Å². The average Bonchev–Trinajstić information content (AvgIpc) is 2.81. The van der Waals surface area contributed by atoms with Crippen molar-refractivity contribution in [2.24, 2.45) is 5.73 Å². The average molecular weight is 314 g/mol. The Hall–Kier alpha value is -1.17. The topological polar surface area (TPSA) is 48.4 Å². The molecule has 0 saturated heterocycles. The number of hydrogen-bond donors (Lipinski definition) is 1. The molecule has 2 rings (SSSR count). The number of halogens is 2. The van der Waals surface area contributed by atoms with Crippen LogP contribution in [0.15, 0.2) is 39.2 Å². The van der Waals surface area contributed by atoms with Crippen LogP contribution in [0.25, 0.3) is 0 Å². The van der Waals surface area contributed by atoms with Gasteiger partial charge in [0.15, 0.2) is 0 Å². The van der Waals surface area contributed by atoms with Crippen molar-refractivity contribution in [1.29, 1.82) is 0 Å². The minimum atomic E-state index is -0.513. The van der Waals surface area contributed by atoms with Gasteiger partial charge in [-0.3, -0.25) is 0 Å². The van der Waals surface area contributed by atoms with Gasteiger partial charge >= 0.3 is 0 Å². The highest BCUT2D eigenvalue weighted by Gasteiger charge is 2.17. The van der Waals surface area contributed by atoms with Crippen LogP contribution in [0.3, 0.4) is 0 Å². The van der Waals surface area contributed by atoms with Crippen LogP contribution in [0.5, 0.6) is 0 Å². The van der Waals surface area contributed by atoms with Gasteiger partial charge in [-0.2, -0.15) is 0 Å². The van der Waals surface area contributed by atoms with Crippen LogP contribution in [0, 0.1) is 5.82 Å². The van der Waals surface area contributed by atoms with E-state index in [4.69, 9.17) is 14.9 Å². The summed E-state index contributed by atoms with van der Waals surface area (Å²) in [7, 11) is 1.59. The largest absolute Gasteiger partial charge is 0.462 e. The lowest BCUT2D eigenvalue weighted by Gasteiger charge is -2.11. The Morgan fingerprint density at radius 3 is 2.89 bits per heavy atom. The van der Waals surface area contributed by atoms with Crippen LogP contribution in [0.4, 0.5) is 4.39 Å². The third kappa shape index (κ3) is 2.63. The lowest BCUT2D eigenvalue weighted by atomic mass is 10.1. The van der Waals surface area contributed by atoms with E-state index < -0.39 is 6.04 Å². The molecule has 1 aromatic carbocycles. The van der Waals surface area contributed by atoms with E-state index in [2.05, 4.69) is 15.9 Å². The normalized spacial score (nSPS) is 12.7. The summed E-state index contributed by atoms with van der Waals surface area (Å²) < 4.78 is 24.3. The van der Waals surface area contributed by atoms with Crippen LogP contribution in [0.1, 0.15) is 23.1 Å². The lowest BCUT2D eigenvalue weighted by molar-refractivity contribution is 0.162. The molecule has 0 aliphatic heterocycles. The van der Waals surface area contributed by atoms with E-state index in [9.17, 15) is 4.39 Å². The zero-order valence-electron chi connectivity index (χ0n) is 9.82. The van der Waals surface area contributed by atoms with Crippen molar-refractivity contribution in [3.63, 3.8) is 0 Å². The highest BCUT2D eigenvalue weighted by molar-refractivity contribution is 9.10. The number of nitrogens with two attached hydrogens (primary N) is 1. The van der Waals surface area contributed by atoms with Crippen molar-refractivity contribution >= 4 is 15.9 Å². The van der Waals surface area contributed by atoms with Crippen LogP contribution in [-0.4, -0.2) is 7.11 Å². The predicted molar refractivity (Wildman–Crippen MR) is 69.6 cm³/mol. The van der Waals surface area contributed by atoms with Crippen molar-refractivity contribution < 1.29 is 13.5 Å². The zero-order chi connectivity index (χ0) is 13.1. The van der Waals surface area contributed by atoms with E-state index in [1.807, 2.05) is 0 Å². The standard InChI is InChI=1S/C13H13BrFNO2/c1-17-7-8-5-6-11(18-8)13(16)9-3-2-4-10(15)12(9)14/h2-6,13H,7,16H2,1H3. The fourth-order valence-corrected chi connectivity index (χ4v) is 2.21. The molecule has 2 N–H and O–H groups in total. The Morgan fingerprint density at radius 2 is 2.17 bits per heavy atom. The summed E-state index contributed by atoms with van der Waals surface area (Å²) in [6.45, 7) is 0.386. The van der Waals surface area contributed by atoms with Gasteiger partial charge in [0.1, 0.15) is 23.9 Å². The molecule has 0 fully saturated rings. The molecule has 0 amide bonds. The number of rotatable bonds is 4. The molecule has 3 nitrogen and oxygen atoms in total. The molecule has 1 atom stereocenters. The fraction of sp³-hybridized carbons (Fsp3) is 0.231. The van der Waals surface area contributed by atoms with Gasteiger partial charge in [-0.05, 0) is 39.7 Å². The van der Waals surface area contributed by atoms with Gasteiger partial charge in [0.05, 0.1) is 10.5 Å². The van der Waals surface area contributed by atoms with Gasteiger partial charge in [-0.1, -0.05) is 12.1 Å². The molecule has 5 heteroatoms. The number of ether oxygens (including phenoxy) is 1. The van der Waals surface area contributed by atoms with Crippen LogP contribution >= 0.6 is 15.9 Å². The molecule has 96 valence electrons. The summed E-state index contributed by atoms with van der Waals surface area (Å²) in [4.78, 5) is 0. The van der Waals surface area contributed by atoms with Gasteiger partial charge in [-0.15, -0.1) is 0 Å². The first kappa shape index (κ1) is 13.3. The molecule has 2 aromatic rings. The van der Waals surface area contributed by atoms with E-state index >= 15 is 0 Å². The van der Waals surface area contributed by atoms with Crippen LogP contribution in [0.2, 0.25) is 0 Å². The first-order valence-corrected chi connectivity index (χ1v) is 6.20. The fourth-order valence-electron chi connectivity index (χ4n) is 1.70.